The van der Waals surface area contributed by atoms with Crippen molar-refractivity contribution in [2.75, 3.05) is 19.6 Å². The van der Waals surface area contributed by atoms with Gasteiger partial charge in [0.15, 0.2) is 0 Å². The zero-order valence-electron chi connectivity index (χ0n) is 21.0. The van der Waals surface area contributed by atoms with Gasteiger partial charge in [0, 0.05) is 31.9 Å². The number of alkyl halides is 3. The maximum absolute atomic E-state index is 13.3. The lowest BCUT2D eigenvalue weighted by atomic mass is 10.1. The van der Waals surface area contributed by atoms with Gasteiger partial charge in [-0.3, -0.25) is 4.79 Å². The Bertz CT molecular complexity index is 1300. The van der Waals surface area contributed by atoms with Crippen molar-refractivity contribution < 1.29 is 26.4 Å². The van der Waals surface area contributed by atoms with E-state index in [1.165, 1.54) is 18.7 Å². The topological polar surface area (TPSA) is 75.5 Å². The van der Waals surface area contributed by atoms with E-state index in [4.69, 9.17) is 0 Å². The molecule has 0 radical (unpaired) electrons. The first-order valence-corrected chi connectivity index (χ1v) is 13.1. The third kappa shape index (κ3) is 5.73. The number of rotatable bonds is 6. The molecule has 36 heavy (non-hydrogen) atoms. The number of allylic oxidation sites excluding steroid dienone is 3. The van der Waals surface area contributed by atoms with Crippen LogP contribution in [0, 0.1) is 13.8 Å². The molecule has 1 unspecified atom stereocenters. The smallest absolute Gasteiger partial charge is 0.333 e. The molecule has 2 aromatic rings. The molecule has 1 amide bonds. The van der Waals surface area contributed by atoms with Crippen molar-refractivity contribution in [1.82, 2.24) is 19.0 Å². The van der Waals surface area contributed by atoms with Gasteiger partial charge in [-0.15, -0.1) is 0 Å². The Kier molecular flexibility index (Phi) is 8.14. The highest BCUT2D eigenvalue weighted by molar-refractivity contribution is 7.89. The zero-order chi connectivity index (χ0) is 26.8. The van der Waals surface area contributed by atoms with E-state index in [0.717, 1.165) is 22.9 Å². The summed E-state index contributed by atoms with van der Waals surface area (Å²) in [7, 11) is -4.18. The number of aromatic nitrogens is 2. The molecule has 0 spiro atoms. The lowest BCUT2D eigenvalue weighted by Crippen LogP contribution is -2.55. The Morgan fingerprint density at radius 3 is 2.53 bits per heavy atom. The number of hydrogen-bond acceptors (Lipinski definition) is 4. The quantitative estimate of drug-likeness (QED) is 0.505. The molecule has 1 aromatic carbocycles. The predicted molar refractivity (Wildman–Crippen MR) is 132 cm³/mol. The van der Waals surface area contributed by atoms with E-state index < -0.39 is 27.8 Å². The van der Waals surface area contributed by atoms with Crippen LogP contribution >= 0.6 is 0 Å². The Morgan fingerprint density at radius 1 is 1.22 bits per heavy atom. The highest BCUT2D eigenvalue weighted by atomic mass is 32.2. The number of hydrogen-bond donors (Lipinski definition) is 0. The minimum atomic E-state index is -4.65. The Balaban J connectivity index is 1.78. The van der Waals surface area contributed by atoms with Crippen molar-refractivity contribution in [2.45, 2.75) is 58.2 Å². The standard InChI is InChI=1S/C25H31F3N4O3S/c1-6-17(2)8-7-11-32-20(5)22(15-29-32)24(33)31-13-12-30(16-19(31)4)36(34,35)23-14-21(25(26,27)28)10-9-18(23)3/h7-11,14-15,19H,6,12-13,16H2,1-5H3. The molecular weight excluding hydrogens is 493 g/mol. The van der Waals surface area contributed by atoms with Gasteiger partial charge < -0.3 is 4.90 Å². The number of nitrogens with zero attached hydrogens (tertiary/aromatic N) is 4. The summed E-state index contributed by atoms with van der Waals surface area (Å²) in [4.78, 5) is 14.5. The normalized spacial score (nSPS) is 18.3. The summed E-state index contributed by atoms with van der Waals surface area (Å²) in [5, 5.41) is 4.27. The molecule has 1 fully saturated rings. The molecular formula is C25H31F3N4O3S. The van der Waals surface area contributed by atoms with E-state index in [1.807, 2.05) is 19.1 Å². The summed E-state index contributed by atoms with van der Waals surface area (Å²) in [6.45, 7) is 9.09. The van der Waals surface area contributed by atoms with Gasteiger partial charge in [0.25, 0.3) is 5.91 Å². The van der Waals surface area contributed by atoms with E-state index in [0.29, 0.717) is 17.3 Å². The van der Waals surface area contributed by atoms with E-state index in [2.05, 4.69) is 12.0 Å². The molecule has 7 nitrogen and oxygen atoms in total. The minimum Gasteiger partial charge on any atom is -0.333 e. The summed E-state index contributed by atoms with van der Waals surface area (Å²) in [6.07, 6.45) is 3.35. The SMILES string of the molecule is CCC(C)=CC=Cn1ncc(C(=O)N2CCN(S(=O)(=O)c3cc(C(F)(F)F)ccc3C)CC2C)c1C. The molecule has 1 aliphatic rings. The van der Waals surface area contributed by atoms with Crippen molar-refractivity contribution in [1.29, 1.82) is 0 Å². The molecule has 196 valence electrons. The summed E-state index contributed by atoms with van der Waals surface area (Å²) in [5.41, 5.74) is 1.48. The average Bonchev–Trinajstić information content (AvgIpc) is 3.17. The number of carbonyl (C=O) groups excluding carboxylic acids is 1. The molecule has 1 aliphatic heterocycles. The van der Waals surface area contributed by atoms with Gasteiger partial charge >= 0.3 is 6.18 Å². The number of carbonyl (C=O) groups is 1. The zero-order valence-corrected chi connectivity index (χ0v) is 21.8. The first-order chi connectivity index (χ1) is 16.8. The van der Waals surface area contributed by atoms with E-state index in [9.17, 15) is 26.4 Å². The summed E-state index contributed by atoms with van der Waals surface area (Å²) in [6, 6.07) is 2.22. The van der Waals surface area contributed by atoms with Crippen LogP contribution in [0.25, 0.3) is 6.20 Å². The van der Waals surface area contributed by atoms with Crippen LogP contribution in [0.4, 0.5) is 13.2 Å². The van der Waals surface area contributed by atoms with Gasteiger partial charge in [-0.05, 0) is 57.9 Å². The number of piperazine rings is 1. The highest BCUT2D eigenvalue weighted by Crippen LogP contribution is 2.33. The van der Waals surface area contributed by atoms with Gasteiger partial charge in [0.1, 0.15) is 0 Å². The molecule has 0 N–H and O–H groups in total. The van der Waals surface area contributed by atoms with Crippen molar-refractivity contribution in [2.24, 2.45) is 0 Å². The Hall–Kier alpha value is -2.92. The maximum Gasteiger partial charge on any atom is 0.416 e. The van der Waals surface area contributed by atoms with Gasteiger partial charge in [0.05, 0.1) is 27.9 Å². The maximum atomic E-state index is 13.3. The first kappa shape index (κ1) is 27.7. The third-order valence-corrected chi connectivity index (χ3v) is 8.43. The van der Waals surface area contributed by atoms with E-state index in [1.54, 1.807) is 29.6 Å². The molecule has 1 saturated heterocycles. The lowest BCUT2D eigenvalue weighted by molar-refractivity contribution is -0.137. The van der Waals surface area contributed by atoms with Crippen LogP contribution in [0.1, 0.15) is 54.4 Å². The van der Waals surface area contributed by atoms with Crippen molar-refractivity contribution in [3.63, 3.8) is 0 Å². The van der Waals surface area contributed by atoms with Crippen molar-refractivity contribution >= 4 is 22.1 Å². The van der Waals surface area contributed by atoms with Gasteiger partial charge in [-0.1, -0.05) is 24.6 Å². The fraction of sp³-hybridized carbons (Fsp3) is 0.440. The lowest BCUT2D eigenvalue weighted by Gasteiger charge is -2.39. The van der Waals surface area contributed by atoms with E-state index in [-0.39, 0.29) is 36.0 Å². The molecule has 0 bridgehead atoms. The monoisotopic (exact) mass is 524 g/mol. The van der Waals surface area contributed by atoms with E-state index >= 15 is 0 Å². The second-order valence-electron chi connectivity index (χ2n) is 8.98. The highest BCUT2D eigenvalue weighted by Gasteiger charge is 2.38. The largest absolute Gasteiger partial charge is 0.416 e. The predicted octanol–water partition coefficient (Wildman–Crippen LogP) is 4.88. The van der Waals surface area contributed by atoms with Crippen LogP contribution in [-0.2, 0) is 16.2 Å². The Labute approximate surface area is 209 Å². The van der Waals surface area contributed by atoms with Crippen LogP contribution in [0.5, 0.6) is 0 Å². The number of halogens is 3. The van der Waals surface area contributed by atoms with Crippen LogP contribution in [0.2, 0.25) is 0 Å². The molecule has 1 atom stereocenters. The van der Waals surface area contributed by atoms with Crippen LogP contribution in [-0.4, -0.2) is 59.0 Å². The fourth-order valence-electron chi connectivity index (χ4n) is 3.98. The molecule has 1 aromatic heterocycles. The summed E-state index contributed by atoms with van der Waals surface area (Å²) >= 11 is 0. The minimum absolute atomic E-state index is 0.0255. The van der Waals surface area contributed by atoms with Gasteiger partial charge in [-0.25, -0.2) is 13.1 Å². The summed E-state index contributed by atoms with van der Waals surface area (Å²) in [5.74, 6) is -0.271. The molecule has 0 aliphatic carbocycles. The van der Waals surface area contributed by atoms with Gasteiger partial charge in [0.2, 0.25) is 10.0 Å². The number of amides is 1. The number of sulfonamides is 1. The summed E-state index contributed by atoms with van der Waals surface area (Å²) < 4.78 is 68.8. The first-order valence-electron chi connectivity index (χ1n) is 11.6. The van der Waals surface area contributed by atoms with Crippen LogP contribution in [0.15, 0.2) is 47.0 Å². The second kappa shape index (κ2) is 10.6. The van der Waals surface area contributed by atoms with Gasteiger partial charge in [-0.2, -0.15) is 22.6 Å². The fourth-order valence-corrected chi connectivity index (χ4v) is 5.75. The number of benzene rings is 1. The number of aryl methyl sites for hydroxylation is 1. The van der Waals surface area contributed by atoms with Crippen LogP contribution in [0.3, 0.4) is 0 Å². The average molecular weight is 525 g/mol. The van der Waals surface area contributed by atoms with Crippen molar-refractivity contribution in [3.8, 4) is 0 Å². The molecule has 11 heteroatoms. The molecule has 0 saturated carbocycles. The second-order valence-corrected chi connectivity index (χ2v) is 10.9. The Morgan fingerprint density at radius 2 is 1.92 bits per heavy atom. The third-order valence-electron chi connectivity index (χ3n) is 6.43. The van der Waals surface area contributed by atoms with Crippen LogP contribution < -0.4 is 0 Å². The molecule has 3 rings (SSSR count). The van der Waals surface area contributed by atoms with Crippen molar-refractivity contribution in [3.05, 3.63) is 64.5 Å². The molecule has 2 heterocycles.